The molecule has 0 unspecified atom stereocenters. The second kappa shape index (κ2) is 14.5. The molecule has 1 heterocycles. The number of likely N-dealkylation sites (tertiary alicyclic amines) is 1. The van der Waals surface area contributed by atoms with E-state index in [0.29, 0.717) is 73.7 Å². The zero-order valence-corrected chi connectivity index (χ0v) is 26.5. The molecule has 0 aromatic heterocycles. The molecule has 4 rings (SSSR count). The van der Waals surface area contributed by atoms with Crippen molar-refractivity contribution in [2.45, 2.75) is 65.0 Å². The van der Waals surface area contributed by atoms with Gasteiger partial charge in [-0.25, -0.2) is 0 Å². The van der Waals surface area contributed by atoms with Crippen LogP contribution in [-0.2, 0) is 20.8 Å². The Labute approximate surface area is 258 Å². The molecular formula is C33H44N4O7. The number of nitrogens with zero attached hydrogens (tertiary/aromatic N) is 1. The fourth-order valence-electron chi connectivity index (χ4n) is 6.06. The highest BCUT2D eigenvalue weighted by Crippen LogP contribution is 2.50. The summed E-state index contributed by atoms with van der Waals surface area (Å²) in [6.07, 6.45) is 3.22. The molecule has 238 valence electrons. The molecule has 2 aliphatic rings. The van der Waals surface area contributed by atoms with E-state index in [1.165, 1.54) is 20.1 Å². The Bertz CT molecular complexity index is 1460. The van der Waals surface area contributed by atoms with Crippen LogP contribution in [0.5, 0.6) is 17.2 Å². The van der Waals surface area contributed by atoms with Crippen LogP contribution in [0.2, 0.25) is 0 Å². The van der Waals surface area contributed by atoms with Crippen LogP contribution in [0.1, 0.15) is 63.6 Å². The molecule has 2 aromatic carbocycles. The monoisotopic (exact) mass is 608 g/mol. The first-order valence-corrected chi connectivity index (χ1v) is 15.2. The van der Waals surface area contributed by atoms with Gasteiger partial charge in [0.2, 0.25) is 28.9 Å². The lowest BCUT2D eigenvalue weighted by Gasteiger charge is -2.24. The van der Waals surface area contributed by atoms with Crippen LogP contribution in [0.4, 0.5) is 5.69 Å². The van der Waals surface area contributed by atoms with Gasteiger partial charge < -0.3 is 35.1 Å². The van der Waals surface area contributed by atoms with Crippen molar-refractivity contribution in [1.29, 1.82) is 0 Å². The van der Waals surface area contributed by atoms with Crippen molar-refractivity contribution in [3.05, 3.63) is 45.6 Å². The Hall–Kier alpha value is -4.28. The fourth-order valence-corrected chi connectivity index (χ4v) is 6.06. The van der Waals surface area contributed by atoms with Crippen LogP contribution in [-0.4, -0.2) is 69.6 Å². The fraction of sp³-hybridized carbons (Fsp3) is 0.515. The summed E-state index contributed by atoms with van der Waals surface area (Å²) in [5, 5.41) is 9.18. The number of benzene rings is 1. The summed E-state index contributed by atoms with van der Waals surface area (Å²) in [4.78, 5) is 53.1. The smallest absolute Gasteiger partial charge is 0.242 e. The number of aryl methyl sites for hydroxylation is 1. The zero-order chi connectivity index (χ0) is 32.0. The molecule has 1 aliphatic heterocycles. The van der Waals surface area contributed by atoms with E-state index in [9.17, 15) is 19.2 Å². The van der Waals surface area contributed by atoms with E-state index in [2.05, 4.69) is 16.0 Å². The number of hydrogen-bond donors (Lipinski definition) is 3. The maximum Gasteiger partial charge on any atom is 0.242 e. The molecule has 2 aromatic rings. The quantitative estimate of drug-likeness (QED) is 0.334. The Morgan fingerprint density at radius 2 is 1.80 bits per heavy atom. The van der Waals surface area contributed by atoms with Gasteiger partial charge >= 0.3 is 0 Å². The molecule has 0 saturated carbocycles. The molecule has 0 bridgehead atoms. The molecular weight excluding hydrogens is 564 g/mol. The number of carbonyl (C=O) groups is 3. The van der Waals surface area contributed by atoms with Crippen molar-refractivity contribution in [1.82, 2.24) is 15.5 Å². The standard InChI is InChI=1S/C33H44N4O7/c1-7-19(2)30(33(41)34-14-16-37-15-8-9-28(37)40)36-25-13-11-22-23(18-26(25)39)24(35-20(3)38)12-10-21-17-27(42-4)31(43-5)32(44-6)29(21)22/h11,13,17-19,24,30H,7-10,12,14-16H2,1-6H3,(H,34,41)(H,35,38)(H,36,39)/t19-,24+,30+/m1/s1. The lowest BCUT2D eigenvalue weighted by Crippen LogP contribution is -2.46. The highest BCUT2D eigenvalue weighted by Gasteiger charge is 2.30. The molecule has 3 N–H and O–H groups in total. The Balaban J connectivity index is 1.76. The summed E-state index contributed by atoms with van der Waals surface area (Å²) < 4.78 is 17.1. The van der Waals surface area contributed by atoms with Crippen molar-refractivity contribution in [3.8, 4) is 28.4 Å². The summed E-state index contributed by atoms with van der Waals surface area (Å²) >= 11 is 0. The van der Waals surface area contributed by atoms with Gasteiger partial charge in [0, 0.05) is 38.5 Å². The minimum atomic E-state index is -0.679. The number of fused-ring (bicyclic) bond motifs is 3. The highest BCUT2D eigenvalue weighted by molar-refractivity contribution is 5.86. The average molecular weight is 609 g/mol. The Morgan fingerprint density at radius 1 is 1.05 bits per heavy atom. The molecule has 11 nitrogen and oxygen atoms in total. The molecule has 3 amide bonds. The minimum absolute atomic E-state index is 0.0872. The first kappa shape index (κ1) is 32.6. The van der Waals surface area contributed by atoms with Gasteiger partial charge in [-0.15, -0.1) is 0 Å². The first-order valence-electron chi connectivity index (χ1n) is 15.2. The minimum Gasteiger partial charge on any atom is -0.493 e. The number of amides is 3. The van der Waals surface area contributed by atoms with Crippen LogP contribution in [0.15, 0.2) is 29.1 Å². The number of rotatable bonds is 12. The van der Waals surface area contributed by atoms with Gasteiger partial charge in [-0.05, 0) is 60.1 Å². The average Bonchev–Trinajstić information content (AvgIpc) is 3.27. The van der Waals surface area contributed by atoms with E-state index in [1.54, 1.807) is 25.2 Å². The molecule has 1 aliphatic carbocycles. The topological polar surface area (TPSA) is 135 Å². The molecule has 1 saturated heterocycles. The van der Waals surface area contributed by atoms with Crippen LogP contribution in [0, 0.1) is 5.92 Å². The van der Waals surface area contributed by atoms with Gasteiger partial charge in [0.25, 0.3) is 0 Å². The third-order valence-electron chi connectivity index (χ3n) is 8.57. The maximum absolute atomic E-state index is 13.8. The number of carbonyl (C=O) groups excluding carboxylic acids is 3. The van der Waals surface area contributed by atoms with Crippen molar-refractivity contribution < 1.29 is 28.6 Å². The van der Waals surface area contributed by atoms with Crippen molar-refractivity contribution in [2.24, 2.45) is 5.92 Å². The van der Waals surface area contributed by atoms with E-state index in [4.69, 9.17) is 14.2 Å². The summed E-state index contributed by atoms with van der Waals surface area (Å²) in [7, 11) is 4.65. The molecule has 44 heavy (non-hydrogen) atoms. The molecule has 11 heteroatoms. The van der Waals surface area contributed by atoms with Gasteiger partial charge in [0.05, 0.1) is 33.1 Å². The summed E-state index contributed by atoms with van der Waals surface area (Å²) in [5.41, 5.74) is 2.97. The number of hydrogen-bond acceptors (Lipinski definition) is 8. The zero-order valence-electron chi connectivity index (χ0n) is 26.5. The van der Waals surface area contributed by atoms with E-state index in [-0.39, 0.29) is 34.8 Å². The predicted octanol–water partition coefficient (Wildman–Crippen LogP) is 3.43. The molecule has 1 fully saturated rings. The van der Waals surface area contributed by atoms with E-state index < -0.39 is 12.1 Å². The van der Waals surface area contributed by atoms with E-state index >= 15 is 0 Å². The van der Waals surface area contributed by atoms with Gasteiger partial charge in [0.1, 0.15) is 6.04 Å². The predicted molar refractivity (Wildman–Crippen MR) is 168 cm³/mol. The van der Waals surface area contributed by atoms with E-state index in [1.807, 2.05) is 26.0 Å². The van der Waals surface area contributed by atoms with Crippen molar-refractivity contribution in [2.75, 3.05) is 46.3 Å². The summed E-state index contributed by atoms with van der Waals surface area (Å²) in [5.74, 6) is 0.980. The maximum atomic E-state index is 13.8. The second-order valence-electron chi connectivity index (χ2n) is 11.4. The number of anilines is 1. The van der Waals surface area contributed by atoms with Crippen LogP contribution in [0.3, 0.4) is 0 Å². The van der Waals surface area contributed by atoms with Crippen molar-refractivity contribution in [3.63, 3.8) is 0 Å². The van der Waals surface area contributed by atoms with Crippen LogP contribution < -0.4 is 35.6 Å². The van der Waals surface area contributed by atoms with Gasteiger partial charge in [-0.3, -0.25) is 19.2 Å². The van der Waals surface area contributed by atoms with E-state index in [0.717, 1.165) is 17.5 Å². The van der Waals surface area contributed by atoms with Crippen LogP contribution >= 0.6 is 0 Å². The summed E-state index contributed by atoms with van der Waals surface area (Å²) in [6, 6.07) is 5.83. The Kier molecular flexibility index (Phi) is 10.7. The Morgan fingerprint density at radius 3 is 2.41 bits per heavy atom. The first-order chi connectivity index (χ1) is 21.1. The van der Waals surface area contributed by atoms with Gasteiger partial charge in [-0.1, -0.05) is 26.3 Å². The molecule has 0 radical (unpaired) electrons. The third-order valence-corrected chi connectivity index (χ3v) is 8.57. The van der Waals surface area contributed by atoms with Gasteiger partial charge in [0.15, 0.2) is 11.5 Å². The highest BCUT2D eigenvalue weighted by atomic mass is 16.5. The molecule has 3 atom stereocenters. The lowest BCUT2D eigenvalue weighted by atomic mass is 9.95. The number of nitrogens with one attached hydrogen (secondary N) is 3. The third kappa shape index (κ3) is 6.92. The SMILES string of the molecule is CC[C@@H](C)[C@H](Nc1ccc2c(cc1=O)[C@@H](NC(C)=O)CCc1cc(OC)c(OC)c(OC)c1-2)C(=O)NCCN1CCCC1=O. The lowest BCUT2D eigenvalue weighted by molar-refractivity contribution is -0.128. The summed E-state index contributed by atoms with van der Waals surface area (Å²) in [6.45, 7) is 6.89. The normalized spacial score (nSPS) is 17.0. The van der Waals surface area contributed by atoms with Crippen molar-refractivity contribution >= 4 is 23.4 Å². The second-order valence-corrected chi connectivity index (χ2v) is 11.4. The van der Waals surface area contributed by atoms with Crippen LogP contribution in [0.25, 0.3) is 11.1 Å². The molecule has 0 spiro atoms. The number of ether oxygens (including phenoxy) is 3. The van der Waals surface area contributed by atoms with Gasteiger partial charge in [-0.2, -0.15) is 0 Å². The largest absolute Gasteiger partial charge is 0.493 e. The number of methoxy groups -OCH3 is 3.